The zero-order valence-electron chi connectivity index (χ0n) is 19.5. The molecule has 0 spiro atoms. The first-order chi connectivity index (χ1) is 16.8. The van der Waals surface area contributed by atoms with E-state index in [0.717, 1.165) is 6.20 Å². The zero-order valence-corrected chi connectivity index (χ0v) is 19.5. The molecular formula is C21H31F2N9O3. The third-order valence-electron chi connectivity index (χ3n) is 6.81. The third kappa shape index (κ3) is 5.39. The monoisotopic (exact) mass is 495 g/mol. The Bertz CT molecular complexity index is 943. The second-order valence-electron chi connectivity index (χ2n) is 9.19. The van der Waals surface area contributed by atoms with E-state index in [4.69, 9.17) is 5.73 Å². The molecule has 1 aromatic heterocycles. The van der Waals surface area contributed by atoms with E-state index in [1.54, 1.807) is 21.7 Å². The third-order valence-corrected chi connectivity index (χ3v) is 6.81. The van der Waals surface area contributed by atoms with Crippen molar-refractivity contribution in [3.05, 3.63) is 23.1 Å². The Balaban J connectivity index is 1.49. The van der Waals surface area contributed by atoms with Crippen molar-refractivity contribution in [1.82, 2.24) is 25.4 Å². The lowest BCUT2D eigenvalue weighted by Crippen LogP contribution is -2.62. The summed E-state index contributed by atoms with van der Waals surface area (Å²) in [6.07, 6.45) is -0.913. The second kappa shape index (κ2) is 10.8. The van der Waals surface area contributed by atoms with Gasteiger partial charge in [0.25, 0.3) is 0 Å². The number of anilines is 2. The lowest BCUT2D eigenvalue weighted by molar-refractivity contribution is -0.137. The van der Waals surface area contributed by atoms with Gasteiger partial charge in [-0.25, -0.2) is 8.78 Å². The van der Waals surface area contributed by atoms with Crippen LogP contribution in [0.4, 0.5) is 20.2 Å². The van der Waals surface area contributed by atoms with Gasteiger partial charge in [-0.3, -0.25) is 24.8 Å². The second-order valence-corrected chi connectivity index (χ2v) is 9.19. The van der Waals surface area contributed by atoms with E-state index in [0.29, 0.717) is 39.3 Å². The first-order valence-electron chi connectivity index (χ1n) is 11.6. The van der Waals surface area contributed by atoms with Crippen LogP contribution in [0.5, 0.6) is 0 Å². The fourth-order valence-electron chi connectivity index (χ4n) is 4.78. The van der Waals surface area contributed by atoms with Gasteiger partial charge in [-0.05, 0) is 7.05 Å². The average molecular weight is 496 g/mol. The molecular weight excluding hydrogens is 464 g/mol. The van der Waals surface area contributed by atoms with Crippen LogP contribution in [-0.2, 0) is 9.59 Å². The van der Waals surface area contributed by atoms with Crippen molar-refractivity contribution < 1.29 is 18.4 Å². The van der Waals surface area contributed by atoms with Crippen LogP contribution in [0.2, 0.25) is 0 Å². The molecule has 3 aliphatic rings. The fraction of sp³-hybridized carbons (Fsp3) is 0.667. The van der Waals surface area contributed by atoms with Crippen LogP contribution in [0.25, 0.3) is 0 Å². The summed E-state index contributed by atoms with van der Waals surface area (Å²) in [5, 5.41) is 11.5. The lowest BCUT2D eigenvalue weighted by Gasteiger charge is -2.40. The highest BCUT2D eigenvalue weighted by Gasteiger charge is 2.40. The van der Waals surface area contributed by atoms with Gasteiger partial charge in [0.1, 0.15) is 17.8 Å². The molecule has 0 aliphatic carbocycles. The Morgan fingerprint density at radius 3 is 2.54 bits per heavy atom. The number of rotatable bonds is 7. The van der Waals surface area contributed by atoms with Gasteiger partial charge in [0, 0.05) is 52.4 Å². The maximum atomic E-state index is 14.9. The lowest BCUT2D eigenvalue weighted by atomic mass is 9.98. The number of piperazine rings is 1. The summed E-state index contributed by atoms with van der Waals surface area (Å²) in [4.78, 5) is 46.0. The van der Waals surface area contributed by atoms with Crippen LogP contribution >= 0.6 is 0 Å². The summed E-state index contributed by atoms with van der Waals surface area (Å²) >= 11 is 0. The minimum absolute atomic E-state index is 0.00292. The minimum Gasteiger partial charge on any atom is -0.364 e. The summed E-state index contributed by atoms with van der Waals surface area (Å²) in [6.45, 7) is 2.99. The summed E-state index contributed by atoms with van der Waals surface area (Å²) in [6, 6.07) is 0. The molecule has 14 heteroatoms. The number of nitroso groups, excluding NO2 is 1. The quantitative estimate of drug-likeness (QED) is 0.346. The molecule has 4 heterocycles. The van der Waals surface area contributed by atoms with Crippen LogP contribution in [0.1, 0.15) is 0 Å². The molecule has 2 amide bonds. The molecule has 12 nitrogen and oxygen atoms in total. The van der Waals surface area contributed by atoms with Crippen molar-refractivity contribution >= 4 is 23.2 Å². The Kier molecular flexibility index (Phi) is 7.84. The van der Waals surface area contributed by atoms with Crippen molar-refractivity contribution in [2.24, 2.45) is 22.7 Å². The molecule has 3 saturated heterocycles. The molecule has 1 aromatic rings. The first kappa shape index (κ1) is 25.3. The number of nitrogens with zero attached hydrogens (tertiary/aromatic N) is 5. The number of nitrogens with one attached hydrogen (secondary N) is 3. The Morgan fingerprint density at radius 2 is 1.94 bits per heavy atom. The molecule has 4 rings (SSSR count). The van der Waals surface area contributed by atoms with Gasteiger partial charge in [-0.1, -0.05) is 5.18 Å². The number of halogens is 2. The van der Waals surface area contributed by atoms with Crippen LogP contribution in [-0.4, -0.2) is 105 Å². The maximum Gasteiger partial charge on any atom is 0.234 e. The number of carbonyl (C=O) groups is 2. The van der Waals surface area contributed by atoms with Crippen LogP contribution in [0.15, 0.2) is 17.6 Å². The van der Waals surface area contributed by atoms with Gasteiger partial charge in [-0.15, -0.1) is 4.91 Å². The summed E-state index contributed by atoms with van der Waals surface area (Å²) in [5.74, 6) is -2.38. The van der Waals surface area contributed by atoms with Crippen molar-refractivity contribution in [2.75, 3.05) is 69.6 Å². The maximum absolute atomic E-state index is 14.9. The molecule has 3 fully saturated rings. The number of nitrogens with two attached hydrogens (primary N) is 1. The predicted molar refractivity (Wildman–Crippen MR) is 125 cm³/mol. The normalized spacial score (nSPS) is 25.5. The van der Waals surface area contributed by atoms with Gasteiger partial charge in [0.15, 0.2) is 12.0 Å². The van der Waals surface area contributed by atoms with Gasteiger partial charge in [-0.2, -0.15) is 0 Å². The van der Waals surface area contributed by atoms with E-state index < -0.39 is 36.1 Å². The smallest absolute Gasteiger partial charge is 0.234 e. The van der Waals surface area contributed by atoms with E-state index in [9.17, 15) is 23.3 Å². The van der Waals surface area contributed by atoms with E-state index in [1.807, 2.05) is 0 Å². The molecule has 0 radical (unpaired) electrons. The number of hydrogen-bond donors (Lipinski definition) is 4. The van der Waals surface area contributed by atoms with Gasteiger partial charge in [0.2, 0.25) is 11.8 Å². The van der Waals surface area contributed by atoms with Crippen molar-refractivity contribution in [3.8, 4) is 0 Å². The van der Waals surface area contributed by atoms with Crippen LogP contribution < -0.4 is 26.6 Å². The zero-order chi connectivity index (χ0) is 25.1. The number of aromatic nitrogens is 1. The molecule has 192 valence electrons. The number of alkyl halides is 1. The molecule has 0 saturated carbocycles. The van der Waals surface area contributed by atoms with E-state index >= 15 is 0 Å². The average Bonchev–Trinajstić information content (AvgIpc) is 2.79. The molecule has 0 bridgehead atoms. The van der Waals surface area contributed by atoms with Crippen LogP contribution in [0, 0.1) is 22.6 Å². The molecule has 0 aromatic carbocycles. The standard InChI is InChI=1S/C21H31F2N9O3/c1-30-11-13(22)8-27-19(30)16(18(24)29-35)20(33)28-15-10-26-9-14(23)17(15)31-2-4-32(5-3-31)21(34)12-6-25-7-12/h9-10,12-13,16,18-19,25,27H,2-8,11,24H2,1H3,(H,28,33). The largest absolute Gasteiger partial charge is 0.364 e. The number of pyridine rings is 1. The number of carbonyl (C=O) groups excluding carboxylic acids is 2. The fourth-order valence-corrected chi connectivity index (χ4v) is 4.78. The predicted octanol–water partition coefficient (Wildman–Crippen LogP) is -1.11. The highest BCUT2D eigenvalue weighted by molar-refractivity contribution is 5.96. The highest BCUT2D eigenvalue weighted by atomic mass is 19.1. The molecule has 4 atom stereocenters. The Hall–Kier alpha value is -2.81. The van der Waals surface area contributed by atoms with Gasteiger partial charge < -0.3 is 26.2 Å². The van der Waals surface area contributed by atoms with Gasteiger partial charge in [0.05, 0.1) is 30.2 Å². The summed E-state index contributed by atoms with van der Waals surface area (Å²) in [5.41, 5.74) is 6.11. The molecule has 4 unspecified atom stereocenters. The van der Waals surface area contributed by atoms with Crippen molar-refractivity contribution in [1.29, 1.82) is 0 Å². The topological polar surface area (TPSA) is 148 Å². The van der Waals surface area contributed by atoms with E-state index in [1.165, 1.54) is 6.20 Å². The SMILES string of the molecule is CN1CC(F)CNC1C(C(=O)Nc1cncc(F)c1N1CCN(C(=O)C2CNC2)CC1)C(N)N=O. The van der Waals surface area contributed by atoms with Gasteiger partial charge >= 0.3 is 0 Å². The van der Waals surface area contributed by atoms with E-state index in [-0.39, 0.29) is 36.3 Å². The number of amides is 2. The van der Waals surface area contributed by atoms with Crippen molar-refractivity contribution in [2.45, 2.75) is 18.5 Å². The Labute approximate surface area is 201 Å². The minimum atomic E-state index is -1.41. The summed E-state index contributed by atoms with van der Waals surface area (Å²) < 4.78 is 28.7. The number of hydrogen-bond acceptors (Lipinski definition) is 10. The highest BCUT2D eigenvalue weighted by Crippen LogP contribution is 2.30. The first-order valence-corrected chi connectivity index (χ1v) is 11.6. The van der Waals surface area contributed by atoms with Crippen molar-refractivity contribution in [3.63, 3.8) is 0 Å². The Morgan fingerprint density at radius 1 is 1.23 bits per heavy atom. The van der Waals surface area contributed by atoms with Crippen LogP contribution in [0.3, 0.4) is 0 Å². The molecule has 5 N–H and O–H groups in total. The summed E-state index contributed by atoms with van der Waals surface area (Å²) in [7, 11) is 1.61. The van der Waals surface area contributed by atoms with E-state index in [2.05, 4.69) is 26.1 Å². The molecule has 3 aliphatic heterocycles. The molecule has 35 heavy (non-hydrogen) atoms.